The van der Waals surface area contributed by atoms with E-state index in [1.807, 2.05) is 0 Å². The normalized spacial score (nSPS) is 30.6. The largest absolute Gasteiger partial charge is 0.484 e. The van der Waals surface area contributed by atoms with Crippen molar-refractivity contribution in [2.24, 2.45) is 11.3 Å². The molecule has 2 aromatic rings. The Balaban J connectivity index is 1.06. The van der Waals surface area contributed by atoms with Gasteiger partial charge in [-0.25, -0.2) is 0 Å². The number of hydrogen-bond acceptors (Lipinski definition) is 3. The van der Waals surface area contributed by atoms with Gasteiger partial charge < -0.3 is 10.1 Å². The van der Waals surface area contributed by atoms with E-state index in [1.54, 1.807) is 24.3 Å². The van der Waals surface area contributed by atoms with E-state index in [1.165, 1.54) is 11.1 Å². The summed E-state index contributed by atoms with van der Waals surface area (Å²) in [6.07, 6.45) is 4.40. The van der Waals surface area contributed by atoms with Crippen molar-refractivity contribution in [3.8, 4) is 5.75 Å². The summed E-state index contributed by atoms with van der Waals surface area (Å²) in [4.78, 5) is 25.0. The van der Waals surface area contributed by atoms with E-state index in [-0.39, 0.29) is 29.4 Å². The Morgan fingerprint density at radius 3 is 2.40 bits per heavy atom. The van der Waals surface area contributed by atoms with Gasteiger partial charge in [-0.05, 0) is 73.8 Å². The van der Waals surface area contributed by atoms with Crippen LogP contribution >= 0.6 is 11.6 Å². The molecule has 0 heterocycles. The molecule has 30 heavy (non-hydrogen) atoms. The molecule has 6 rings (SSSR count). The van der Waals surface area contributed by atoms with Crippen molar-refractivity contribution >= 4 is 23.3 Å². The van der Waals surface area contributed by atoms with Crippen LogP contribution in [0.4, 0.5) is 0 Å². The average Bonchev–Trinajstić information content (AvgIpc) is 3.46. The molecule has 4 aliphatic carbocycles. The van der Waals surface area contributed by atoms with Crippen LogP contribution in [0.25, 0.3) is 0 Å². The van der Waals surface area contributed by atoms with Crippen LogP contribution in [-0.4, -0.2) is 23.8 Å². The molecular weight excluding hydrogens is 398 g/mol. The molecule has 4 nitrogen and oxygen atoms in total. The van der Waals surface area contributed by atoms with Crippen LogP contribution in [0.3, 0.4) is 0 Å². The van der Waals surface area contributed by atoms with E-state index in [2.05, 4.69) is 36.5 Å². The maximum atomic E-state index is 12.8. The first-order chi connectivity index (χ1) is 14.4. The van der Waals surface area contributed by atoms with Crippen LogP contribution in [0, 0.1) is 18.3 Å². The Labute approximate surface area is 182 Å². The zero-order valence-electron chi connectivity index (χ0n) is 17.1. The lowest BCUT2D eigenvalue weighted by Crippen LogP contribution is -2.75. The predicted molar refractivity (Wildman–Crippen MR) is 116 cm³/mol. The van der Waals surface area contributed by atoms with Crippen molar-refractivity contribution in [1.82, 2.24) is 5.32 Å². The third-order valence-electron chi connectivity index (χ3n) is 6.99. The van der Waals surface area contributed by atoms with Gasteiger partial charge in [0.15, 0.2) is 6.61 Å². The molecule has 0 aromatic heterocycles. The van der Waals surface area contributed by atoms with E-state index in [0.29, 0.717) is 28.9 Å². The van der Waals surface area contributed by atoms with Crippen molar-refractivity contribution < 1.29 is 14.3 Å². The van der Waals surface area contributed by atoms with E-state index in [9.17, 15) is 9.59 Å². The van der Waals surface area contributed by atoms with Crippen molar-refractivity contribution in [2.75, 3.05) is 6.61 Å². The lowest BCUT2D eigenvalue weighted by atomic mass is 9.38. The highest BCUT2D eigenvalue weighted by Gasteiger charge is 2.69. The summed E-state index contributed by atoms with van der Waals surface area (Å²) in [6.45, 7) is 2.08. The fraction of sp³-hybridized carbons (Fsp3) is 0.440. The molecule has 0 saturated heterocycles. The summed E-state index contributed by atoms with van der Waals surface area (Å²) in [5.41, 5.74) is 2.56. The summed E-state index contributed by atoms with van der Waals surface area (Å²) < 4.78 is 5.52. The zero-order valence-corrected chi connectivity index (χ0v) is 17.9. The zero-order chi connectivity index (χ0) is 20.9. The number of carbonyl (C=O) groups is 2. The minimum absolute atomic E-state index is 0.00435. The first-order valence-electron chi connectivity index (χ1n) is 10.6. The highest BCUT2D eigenvalue weighted by molar-refractivity contribution is 6.30. The Kier molecular flexibility index (Phi) is 4.66. The molecule has 0 radical (unpaired) electrons. The fourth-order valence-corrected chi connectivity index (χ4v) is 5.69. The molecule has 1 amide bonds. The van der Waals surface area contributed by atoms with Gasteiger partial charge in [0, 0.05) is 22.9 Å². The van der Waals surface area contributed by atoms with Crippen molar-refractivity contribution in [3.05, 3.63) is 64.7 Å². The molecule has 2 atom stereocenters. The molecule has 2 bridgehead atoms. The van der Waals surface area contributed by atoms with Gasteiger partial charge in [0.25, 0.3) is 5.91 Å². The number of benzene rings is 2. The van der Waals surface area contributed by atoms with Crippen molar-refractivity contribution in [2.45, 2.75) is 50.5 Å². The Morgan fingerprint density at radius 1 is 1.07 bits per heavy atom. The Bertz CT molecular complexity index is 963. The van der Waals surface area contributed by atoms with Crippen molar-refractivity contribution in [3.63, 3.8) is 0 Å². The van der Waals surface area contributed by atoms with E-state index < -0.39 is 0 Å². The van der Waals surface area contributed by atoms with Gasteiger partial charge >= 0.3 is 0 Å². The molecule has 1 N–H and O–H groups in total. The summed E-state index contributed by atoms with van der Waals surface area (Å²) in [6, 6.07) is 15.5. The Morgan fingerprint density at radius 2 is 1.73 bits per heavy atom. The van der Waals surface area contributed by atoms with Crippen LogP contribution in [0.2, 0.25) is 5.02 Å². The van der Waals surface area contributed by atoms with Gasteiger partial charge in [0.2, 0.25) is 0 Å². The first kappa shape index (κ1) is 19.6. The summed E-state index contributed by atoms with van der Waals surface area (Å²) >= 11 is 5.85. The lowest BCUT2D eigenvalue weighted by molar-refractivity contribution is -0.173. The second kappa shape index (κ2) is 7.12. The summed E-state index contributed by atoms with van der Waals surface area (Å²) in [5, 5.41) is 3.76. The Hall–Kier alpha value is -2.33. The number of carbonyl (C=O) groups excluding carboxylic acids is 2. The SMILES string of the molecule is Cc1ccc(C2CC2C(=O)CC23CC(NC(=O)COc4ccc(Cl)cc4)(C2)C3)cc1. The molecule has 156 valence electrons. The van der Waals surface area contributed by atoms with Crippen molar-refractivity contribution in [1.29, 1.82) is 0 Å². The van der Waals surface area contributed by atoms with Gasteiger partial charge in [-0.2, -0.15) is 0 Å². The summed E-state index contributed by atoms with van der Waals surface area (Å²) in [5.74, 6) is 1.53. The lowest BCUT2D eigenvalue weighted by Gasteiger charge is -2.70. The second-order valence-electron chi connectivity index (χ2n) is 9.60. The number of nitrogens with one attached hydrogen (secondary N) is 1. The highest BCUT2D eigenvalue weighted by Crippen LogP contribution is 2.69. The molecule has 5 heteroatoms. The van der Waals surface area contributed by atoms with E-state index >= 15 is 0 Å². The fourth-order valence-electron chi connectivity index (χ4n) is 5.56. The number of Topliss-reactive ketones (excluding diaryl/α,β-unsaturated/α-hetero) is 1. The van der Waals surface area contributed by atoms with E-state index in [4.69, 9.17) is 16.3 Å². The average molecular weight is 424 g/mol. The highest BCUT2D eigenvalue weighted by atomic mass is 35.5. The number of aryl methyl sites for hydroxylation is 1. The number of halogens is 1. The molecule has 2 unspecified atom stereocenters. The first-order valence-corrected chi connectivity index (χ1v) is 11.0. The quantitative estimate of drug-likeness (QED) is 0.661. The third kappa shape index (κ3) is 3.74. The maximum Gasteiger partial charge on any atom is 0.258 e. The van der Waals surface area contributed by atoms with Gasteiger partial charge in [-0.3, -0.25) is 9.59 Å². The number of hydrogen-bond donors (Lipinski definition) is 1. The molecule has 2 aromatic carbocycles. The molecule has 4 fully saturated rings. The van der Waals surface area contributed by atoms with E-state index in [0.717, 1.165) is 25.7 Å². The van der Waals surface area contributed by atoms with Crippen LogP contribution in [0.1, 0.15) is 49.1 Å². The van der Waals surface area contributed by atoms with Gasteiger partial charge in [-0.1, -0.05) is 41.4 Å². The summed E-state index contributed by atoms with van der Waals surface area (Å²) in [7, 11) is 0. The molecule has 0 aliphatic heterocycles. The van der Waals surface area contributed by atoms with Gasteiger partial charge in [0.05, 0.1) is 0 Å². The number of rotatable bonds is 8. The topological polar surface area (TPSA) is 55.4 Å². The molecule has 4 saturated carbocycles. The smallest absolute Gasteiger partial charge is 0.258 e. The van der Waals surface area contributed by atoms with Crippen LogP contribution < -0.4 is 10.1 Å². The number of ether oxygens (including phenoxy) is 1. The molecule has 0 spiro atoms. The standard InChI is InChI=1S/C25H26ClNO3/c1-16-2-4-17(5-3-16)20-10-21(20)22(28)11-24-13-25(14-24,15-24)27-23(29)12-30-19-8-6-18(26)7-9-19/h2-9,20-21H,10-15H2,1H3,(H,27,29). The van der Waals surface area contributed by atoms with Crippen LogP contribution in [0.15, 0.2) is 48.5 Å². The van der Waals surface area contributed by atoms with Gasteiger partial charge in [0.1, 0.15) is 11.5 Å². The molecular formula is C25H26ClNO3. The minimum atomic E-state index is -0.110. The minimum Gasteiger partial charge on any atom is -0.484 e. The maximum absolute atomic E-state index is 12.8. The molecule has 4 aliphatic rings. The second-order valence-corrected chi connectivity index (χ2v) is 10.0. The van der Waals surface area contributed by atoms with Crippen LogP contribution in [0.5, 0.6) is 5.75 Å². The van der Waals surface area contributed by atoms with Gasteiger partial charge in [-0.15, -0.1) is 0 Å². The number of amides is 1. The predicted octanol–water partition coefficient (Wildman–Crippen LogP) is 4.83. The number of ketones is 1. The van der Waals surface area contributed by atoms with Crippen LogP contribution in [-0.2, 0) is 9.59 Å². The third-order valence-corrected chi connectivity index (χ3v) is 7.24. The monoisotopic (exact) mass is 423 g/mol.